The van der Waals surface area contributed by atoms with Gasteiger partial charge in [-0.2, -0.15) is 0 Å². The van der Waals surface area contributed by atoms with Crippen LogP contribution in [0.4, 0.5) is 0 Å². The van der Waals surface area contributed by atoms with E-state index < -0.39 is 5.97 Å². The number of hydrogen-bond acceptors (Lipinski definition) is 10. The lowest BCUT2D eigenvalue weighted by atomic mass is 10.1. The molecule has 0 bridgehead atoms. The van der Waals surface area contributed by atoms with E-state index in [-0.39, 0.29) is 19.0 Å². The van der Waals surface area contributed by atoms with Crippen LogP contribution in [0.5, 0.6) is 11.5 Å². The van der Waals surface area contributed by atoms with Crippen LogP contribution in [0.1, 0.15) is 27.6 Å². The highest BCUT2D eigenvalue weighted by molar-refractivity contribution is 7.94. The van der Waals surface area contributed by atoms with Crippen LogP contribution < -0.4 is 9.47 Å². The minimum absolute atomic E-state index is 0.0148. The lowest BCUT2D eigenvalue weighted by Crippen LogP contribution is -2.12. The number of Topliss-reactive ketones (excluding diaryl/α,β-unsaturated/α-hetero) is 1. The molecule has 0 amide bonds. The fraction of sp³-hybridized carbons (Fsp3) is 0.300. The van der Waals surface area contributed by atoms with Crippen molar-refractivity contribution in [3.8, 4) is 11.5 Å². The number of hydrogen-bond donors (Lipinski definition) is 1. The molecule has 9 nitrogen and oxygen atoms in total. The summed E-state index contributed by atoms with van der Waals surface area (Å²) in [6, 6.07) is 11.2. The molecule has 0 fully saturated rings. The second-order valence-corrected chi connectivity index (χ2v) is 6.60. The second kappa shape index (κ2) is 12.8. The second-order valence-electron chi connectivity index (χ2n) is 5.83. The largest absolute Gasteiger partial charge is 0.491 e. The van der Waals surface area contributed by atoms with Gasteiger partial charge in [-0.3, -0.25) is 4.79 Å². The Balaban J connectivity index is 1.85. The molecule has 162 valence electrons. The van der Waals surface area contributed by atoms with E-state index in [1.54, 1.807) is 49.6 Å². The molecule has 0 radical (unpaired) electrons. The molecule has 0 aliphatic carbocycles. The summed E-state index contributed by atoms with van der Waals surface area (Å²) in [4.78, 5) is 24.4. The zero-order chi connectivity index (χ0) is 21.8. The average molecular weight is 438 g/mol. The third-order valence-corrected chi connectivity index (χ3v) is 4.27. The Bertz CT molecular complexity index is 824. The third-order valence-electron chi connectivity index (χ3n) is 3.68. The molecule has 0 spiro atoms. The Hall–Kier alpha value is -2.63. The Labute approximate surface area is 177 Å². The molecule has 30 heavy (non-hydrogen) atoms. The lowest BCUT2D eigenvalue weighted by molar-refractivity contribution is -0.432. The van der Waals surface area contributed by atoms with Crippen molar-refractivity contribution in [3.05, 3.63) is 53.6 Å². The van der Waals surface area contributed by atoms with Crippen LogP contribution in [0.2, 0.25) is 0 Å². The van der Waals surface area contributed by atoms with Gasteiger partial charge < -0.3 is 18.9 Å². The summed E-state index contributed by atoms with van der Waals surface area (Å²) in [6.45, 7) is 2.32. The number of esters is 1. The van der Waals surface area contributed by atoms with Gasteiger partial charge in [0.25, 0.3) is 0 Å². The first-order valence-corrected chi connectivity index (χ1v) is 9.60. The zero-order valence-electron chi connectivity index (χ0n) is 16.5. The normalized spacial score (nSPS) is 10.5. The number of ketones is 1. The molecule has 0 saturated heterocycles. The molecule has 0 aliphatic heterocycles. The van der Waals surface area contributed by atoms with E-state index in [2.05, 4.69) is 9.37 Å². The van der Waals surface area contributed by atoms with Crippen molar-refractivity contribution in [3.63, 3.8) is 0 Å². The van der Waals surface area contributed by atoms with Crippen molar-refractivity contribution in [2.75, 3.05) is 33.5 Å². The molecule has 0 unspecified atom stereocenters. The molecule has 0 aliphatic rings. The third kappa shape index (κ3) is 8.01. The van der Waals surface area contributed by atoms with Crippen LogP contribution in [-0.2, 0) is 18.8 Å². The van der Waals surface area contributed by atoms with Gasteiger partial charge in [-0.25, -0.2) is 10.1 Å². The van der Waals surface area contributed by atoms with Crippen molar-refractivity contribution in [1.29, 1.82) is 0 Å². The molecule has 0 atom stereocenters. The predicted molar refractivity (Wildman–Crippen MR) is 107 cm³/mol. The minimum Gasteiger partial charge on any atom is -0.491 e. The standard InChI is InChI=1S/C20H22O9S/c1-14(21)16-11-17(25-8-7-24-2)13-18(12-16)26-9-10-27-20(22)15-3-5-19(6-4-15)30-29-28-23/h3-6,11-13,23H,7-10H2,1-2H3. The zero-order valence-corrected chi connectivity index (χ0v) is 17.3. The van der Waals surface area contributed by atoms with Crippen LogP contribution in [0.15, 0.2) is 47.4 Å². The fourth-order valence-electron chi connectivity index (χ4n) is 2.26. The van der Waals surface area contributed by atoms with Gasteiger partial charge in [-0.1, -0.05) is 5.04 Å². The maximum atomic E-state index is 12.1. The summed E-state index contributed by atoms with van der Waals surface area (Å²) in [6.07, 6.45) is 0. The average Bonchev–Trinajstić information content (AvgIpc) is 2.75. The van der Waals surface area contributed by atoms with Crippen molar-refractivity contribution < 1.29 is 43.2 Å². The van der Waals surface area contributed by atoms with E-state index in [9.17, 15) is 9.59 Å². The number of rotatable bonds is 13. The molecule has 0 aromatic heterocycles. The highest BCUT2D eigenvalue weighted by atomic mass is 32.2. The summed E-state index contributed by atoms with van der Waals surface area (Å²) in [5.41, 5.74) is 0.794. The number of carbonyl (C=O) groups excluding carboxylic acids is 2. The highest BCUT2D eigenvalue weighted by Gasteiger charge is 2.10. The van der Waals surface area contributed by atoms with Crippen LogP contribution in [0.25, 0.3) is 0 Å². The Kier molecular flexibility index (Phi) is 10.1. The Morgan fingerprint density at radius 1 is 0.900 bits per heavy atom. The summed E-state index contributed by atoms with van der Waals surface area (Å²) >= 11 is 0.785. The van der Waals surface area contributed by atoms with E-state index in [0.717, 1.165) is 12.0 Å². The molecule has 10 heteroatoms. The van der Waals surface area contributed by atoms with Crippen molar-refractivity contribution in [1.82, 2.24) is 0 Å². The van der Waals surface area contributed by atoms with Gasteiger partial charge in [0, 0.05) is 23.6 Å². The Morgan fingerprint density at radius 3 is 2.10 bits per heavy atom. The summed E-state index contributed by atoms with van der Waals surface area (Å²) in [5.74, 6) is 0.274. The highest BCUT2D eigenvalue weighted by Crippen LogP contribution is 2.24. The molecule has 2 aromatic carbocycles. The van der Waals surface area contributed by atoms with Gasteiger partial charge in [0.2, 0.25) is 0 Å². The summed E-state index contributed by atoms with van der Waals surface area (Å²) in [7, 11) is 1.57. The van der Waals surface area contributed by atoms with E-state index in [1.165, 1.54) is 6.92 Å². The number of carbonyl (C=O) groups is 2. The maximum Gasteiger partial charge on any atom is 0.338 e. The van der Waals surface area contributed by atoms with Gasteiger partial charge in [0.1, 0.15) is 31.3 Å². The minimum atomic E-state index is -0.518. The molecule has 0 heterocycles. The number of methoxy groups -OCH3 is 1. The van der Waals surface area contributed by atoms with E-state index in [4.69, 9.17) is 24.2 Å². The van der Waals surface area contributed by atoms with Crippen LogP contribution in [0.3, 0.4) is 0 Å². The maximum absolute atomic E-state index is 12.1. The molecular weight excluding hydrogens is 416 g/mol. The van der Waals surface area contributed by atoms with Crippen LogP contribution in [0, 0.1) is 0 Å². The van der Waals surface area contributed by atoms with E-state index in [0.29, 0.717) is 40.7 Å². The SMILES string of the molecule is COCCOc1cc(OCCOC(=O)c2ccc(SOOO)cc2)cc(C(C)=O)c1. The molecule has 1 N–H and O–H groups in total. The molecule has 0 saturated carbocycles. The van der Waals surface area contributed by atoms with Crippen LogP contribution >= 0.6 is 12.0 Å². The lowest BCUT2D eigenvalue weighted by Gasteiger charge is -2.12. The summed E-state index contributed by atoms with van der Waals surface area (Å²) in [5, 5.41) is 11.6. The molecule has 2 rings (SSSR count). The first-order chi connectivity index (χ1) is 14.5. The number of benzene rings is 2. The predicted octanol–water partition coefficient (Wildman–Crippen LogP) is 3.58. The first kappa shape index (κ1) is 23.6. The van der Waals surface area contributed by atoms with Gasteiger partial charge in [-0.15, -0.1) is 4.33 Å². The van der Waals surface area contributed by atoms with Crippen LogP contribution in [-0.4, -0.2) is 50.5 Å². The van der Waals surface area contributed by atoms with Gasteiger partial charge in [-0.05, 0) is 43.3 Å². The van der Waals surface area contributed by atoms with E-state index in [1.807, 2.05) is 0 Å². The number of ether oxygens (including phenoxy) is 4. The van der Waals surface area contributed by atoms with Crippen molar-refractivity contribution in [2.24, 2.45) is 0 Å². The smallest absolute Gasteiger partial charge is 0.338 e. The quantitative estimate of drug-likeness (QED) is 0.124. The fourth-order valence-corrected chi connectivity index (χ4v) is 2.62. The first-order valence-electron chi connectivity index (χ1n) is 8.86. The molecular formula is C20H22O9S. The van der Waals surface area contributed by atoms with Crippen molar-refractivity contribution in [2.45, 2.75) is 11.8 Å². The Morgan fingerprint density at radius 2 is 1.53 bits per heavy atom. The van der Waals surface area contributed by atoms with Crippen molar-refractivity contribution >= 4 is 23.8 Å². The van der Waals surface area contributed by atoms with E-state index >= 15 is 0 Å². The van der Waals surface area contributed by atoms with Gasteiger partial charge in [0.15, 0.2) is 5.78 Å². The topological polar surface area (TPSA) is 110 Å². The molecule has 2 aromatic rings. The summed E-state index contributed by atoms with van der Waals surface area (Å²) < 4.78 is 25.6. The van der Waals surface area contributed by atoms with Gasteiger partial charge >= 0.3 is 5.97 Å². The monoisotopic (exact) mass is 438 g/mol. The van der Waals surface area contributed by atoms with Gasteiger partial charge in [0.05, 0.1) is 24.2 Å².